The van der Waals surface area contributed by atoms with E-state index in [0.29, 0.717) is 5.73 Å². The van der Waals surface area contributed by atoms with E-state index < -0.39 is 0 Å². The maximum absolute atomic E-state index is 5.34. The van der Waals surface area contributed by atoms with Gasteiger partial charge >= 0.3 is 0 Å². The number of ether oxygens (including phenoxy) is 1. The Kier molecular flexibility index (Phi) is 9.65. The molecule has 0 N–H and O–H groups in total. The minimum Gasteiger partial charge on any atom is -0.383 e. The molecular weight excluding hydrogens is 248 g/mol. The van der Waals surface area contributed by atoms with E-state index in [4.69, 9.17) is 4.74 Å². The van der Waals surface area contributed by atoms with Gasteiger partial charge < -0.3 is 4.74 Å². The molecule has 0 radical (unpaired) electrons. The van der Waals surface area contributed by atoms with Crippen molar-refractivity contribution in [1.82, 2.24) is 0 Å². The van der Waals surface area contributed by atoms with Gasteiger partial charge in [-0.2, -0.15) is 0 Å². The third kappa shape index (κ3) is 10.2. The van der Waals surface area contributed by atoms with Gasteiger partial charge in [0.2, 0.25) is 0 Å². The second-order valence-corrected chi connectivity index (χ2v) is 5.77. The van der Waals surface area contributed by atoms with Gasteiger partial charge in [0, 0.05) is 22.6 Å². The molecule has 1 aliphatic heterocycles. The molecule has 19 heavy (non-hydrogen) atoms. The topological polar surface area (TPSA) is 9.23 Å². The number of hydrogen-bond donors (Lipinski definition) is 0. The van der Waals surface area contributed by atoms with Crippen molar-refractivity contribution in [3.05, 3.63) is 72.8 Å². The summed E-state index contributed by atoms with van der Waals surface area (Å²) < 4.78 is 5.34. The van der Waals surface area contributed by atoms with E-state index in [-0.39, 0.29) is 0 Å². The first-order valence-electron chi connectivity index (χ1n) is 7.01. The van der Waals surface area contributed by atoms with Crippen LogP contribution < -0.4 is 0 Å². The molecule has 0 amide bonds. The zero-order valence-electron chi connectivity index (χ0n) is 11.7. The maximum atomic E-state index is 5.34. The van der Waals surface area contributed by atoms with Gasteiger partial charge in [-0.3, -0.25) is 0 Å². The van der Waals surface area contributed by atoms with Gasteiger partial charge in [-0.15, -0.1) is 0 Å². The Hall–Kier alpha value is -1.38. The van der Waals surface area contributed by atoms with Crippen LogP contribution in [0.3, 0.4) is 0 Å². The molecule has 1 heterocycles. The predicted molar refractivity (Wildman–Crippen MR) is 86.4 cm³/mol. The first-order chi connectivity index (χ1) is 9.39. The molecule has 102 valence electrons. The highest BCUT2D eigenvalue weighted by Gasteiger charge is 2.05. The molecule has 1 saturated heterocycles. The van der Waals surface area contributed by atoms with Gasteiger partial charge in [-0.25, -0.2) is 0 Å². The summed E-state index contributed by atoms with van der Waals surface area (Å²) in [5.41, 5.74) is 0.675. The smallest absolute Gasteiger partial charge is 0.0465 e. The first-order valence-corrected chi connectivity index (χ1v) is 8.16. The largest absolute Gasteiger partial charge is 0.383 e. The molecular formula is C17H24OSi. The van der Waals surface area contributed by atoms with E-state index in [1.807, 2.05) is 72.8 Å². The highest BCUT2D eigenvalue weighted by Crippen LogP contribution is 2.08. The summed E-state index contributed by atoms with van der Waals surface area (Å²) in [6.07, 6.45) is 4.01. The molecule has 1 unspecified atom stereocenters. The van der Waals surface area contributed by atoms with E-state index in [2.05, 4.69) is 0 Å². The first kappa shape index (κ1) is 15.7. The summed E-state index contributed by atoms with van der Waals surface area (Å²) in [4.78, 5) is 0. The Morgan fingerprint density at radius 1 is 0.632 bits per heavy atom. The molecule has 1 aliphatic rings. The Bertz CT molecular complexity index is 286. The molecule has 0 bridgehead atoms. The van der Waals surface area contributed by atoms with Gasteiger partial charge in [0.05, 0.1) is 0 Å². The van der Waals surface area contributed by atoms with E-state index in [9.17, 15) is 0 Å². The highest BCUT2D eigenvalue weighted by atomic mass is 28.1. The lowest BCUT2D eigenvalue weighted by atomic mass is 10.2. The van der Waals surface area contributed by atoms with Crippen LogP contribution in [0.4, 0.5) is 0 Å². The van der Waals surface area contributed by atoms with Crippen LogP contribution in [0.5, 0.6) is 0 Å². The average molecular weight is 272 g/mol. The third-order valence-electron chi connectivity index (χ3n) is 2.74. The summed E-state index contributed by atoms with van der Waals surface area (Å²) in [5, 5.41) is 0. The van der Waals surface area contributed by atoms with Crippen LogP contribution in [0.25, 0.3) is 0 Å². The average Bonchev–Trinajstić information content (AvgIpc) is 2.53. The number of benzene rings is 2. The lowest BCUT2D eigenvalue weighted by Crippen LogP contribution is -2.18. The molecule has 0 spiro atoms. The fraction of sp³-hybridized carbons (Fsp3) is 0.294. The number of rotatable bonds is 0. The second-order valence-electron chi connectivity index (χ2n) is 4.49. The van der Waals surface area contributed by atoms with Crippen molar-refractivity contribution in [3.63, 3.8) is 0 Å². The Balaban J connectivity index is 0.000000143. The van der Waals surface area contributed by atoms with Crippen LogP contribution in [0.1, 0.15) is 19.3 Å². The van der Waals surface area contributed by atoms with Gasteiger partial charge in [0.25, 0.3) is 0 Å². The highest BCUT2D eigenvalue weighted by molar-refractivity contribution is 6.11. The summed E-state index contributed by atoms with van der Waals surface area (Å²) in [6.45, 7) is 1.02. The maximum Gasteiger partial charge on any atom is 0.0465 e. The molecule has 1 nitrogen and oxygen atoms in total. The Labute approximate surface area is 120 Å². The SMILES string of the molecule is [SiH3]C1CCCCO1.c1ccccc1.c1ccccc1. The molecule has 0 aromatic heterocycles. The van der Waals surface area contributed by atoms with Gasteiger partial charge in [-0.05, 0) is 19.3 Å². The summed E-state index contributed by atoms with van der Waals surface area (Å²) in [7, 11) is 1.23. The minimum absolute atomic E-state index is 0.675. The van der Waals surface area contributed by atoms with Crippen LogP contribution in [0.15, 0.2) is 72.8 Å². The van der Waals surface area contributed by atoms with Crippen LogP contribution in [-0.4, -0.2) is 22.6 Å². The Morgan fingerprint density at radius 3 is 1.16 bits per heavy atom. The quantitative estimate of drug-likeness (QED) is 0.669. The summed E-state index contributed by atoms with van der Waals surface area (Å²) >= 11 is 0. The van der Waals surface area contributed by atoms with Crippen molar-refractivity contribution < 1.29 is 4.74 Å². The van der Waals surface area contributed by atoms with Crippen LogP contribution in [0, 0.1) is 0 Å². The molecule has 0 aliphatic carbocycles. The molecule has 2 aromatic carbocycles. The fourth-order valence-electron chi connectivity index (χ4n) is 1.67. The normalized spacial score (nSPS) is 17.4. The standard InChI is InChI=1S/2C6H6.C5H12OSi/c2*1-2-4-6-5-3-1;7-5-3-1-2-4-6-5/h2*1-6H;5H,1-4H2,7H3. The molecule has 3 rings (SSSR count). The Morgan fingerprint density at radius 2 is 1.00 bits per heavy atom. The summed E-state index contributed by atoms with van der Waals surface area (Å²) in [6, 6.07) is 24.0. The van der Waals surface area contributed by atoms with Crippen molar-refractivity contribution in [1.29, 1.82) is 0 Å². The van der Waals surface area contributed by atoms with E-state index >= 15 is 0 Å². The third-order valence-corrected chi connectivity index (χ3v) is 3.65. The van der Waals surface area contributed by atoms with Crippen molar-refractivity contribution in [2.45, 2.75) is 25.0 Å². The van der Waals surface area contributed by atoms with Crippen LogP contribution >= 0.6 is 0 Å². The van der Waals surface area contributed by atoms with Gasteiger partial charge in [0.15, 0.2) is 0 Å². The van der Waals surface area contributed by atoms with Crippen molar-refractivity contribution in [2.24, 2.45) is 0 Å². The van der Waals surface area contributed by atoms with Crippen molar-refractivity contribution in [3.8, 4) is 0 Å². The zero-order chi connectivity index (χ0) is 13.6. The van der Waals surface area contributed by atoms with Crippen LogP contribution in [-0.2, 0) is 4.74 Å². The lowest BCUT2D eigenvalue weighted by Gasteiger charge is -2.17. The van der Waals surface area contributed by atoms with Crippen molar-refractivity contribution in [2.75, 3.05) is 6.61 Å². The number of hydrogen-bond acceptors (Lipinski definition) is 1. The zero-order valence-corrected chi connectivity index (χ0v) is 13.7. The van der Waals surface area contributed by atoms with E-state index in [1.165, 1.54) is 29.5 Å². The predicted octanol–water partition coefficient (Wildman–Crippen LogP) is 3.25. The molecule has 0 saturated carbocycles. The lowest BCUT2D eigenvalue weighted by molar-refractivity contribution is 0.0675. The van der Waals surface area contributed by atoms with E-state index in [1.54, 1.807) is 0 Å². The minimum atomic E-state index is 0.675. The molecule has 2 heteroatoms. The fourth-order valence-corrected chi connectivity index (χ4v) is 2.32. The molecule has 1 atom stereocenters. The summed E-state index contributed by atoms with van der Waals surface area (Å²) in [5.74, 6) is 0. The van der Waals surface area contributed by atoms with Gasteiger partial charge in [0.1, 0.15) is 0 Å². The van der Waals surface area contributed by atoms with E-state index in [0.717, 1.165) is 6.61 Å². The monoisotopic (exact) mass is 272 g/mol. The molecule has 1 fully saturated rings. The van der Waals surface area contributed by atoms with Crippen LogP contribution in [0.2, 0.25) is 0 Å². The second kappa shape index (κ2) is 11.7. The van der Waals surface area contributed by atoms with Gasteiger partial charge in [-0.1, -0.05) is 72.8 Å². The molecule has 2 aromatic rings. The van der Waals surface area contributed by atoms with Crippen molar-refractivity contribution >= 4 is 10.2 Å².